The summed E-state index contributed by atoms with van der Waals surface area (Å²) in [7, 11) is 0. The maximum absolute atomic E-state index is 13.6. The van der Waals surface area contributed by atoms with Gasteiger partial charge in [-0.2, -0.15) is 0 Å². The lowest BCUT2D eigenvalue weighted by atomic mass is 10.0. The first kappa shape index (κ1) is 24.7. The van der Waals surface area contributed by atoms with E-state index in [1.165, 1.54) is 12.1 Å². The van der Waals surface area contributed by atoms with Gasteiger partial charge in [-0.1, -0.05) is 30.3 Å². The number of para-hydroxylation sites is 1. The van der Waals surface area contributed by atoms with Crippen LogP contribution in [0.15, 0.2) is 85.0 Å². The van der Waals surface area contributed by atoms with Crippen LogP contribution in [-0.4, -0.2) is 37.2 Å². The van der Waals surface area contributed by atoms with Gasteiger partial charge in [0.25, 0.3) is 0 Å². The third-order valence-electron chi connectivity index (χ3n) is 5.44. The molecule has 1 unspecified atom stereocenters. The van der Waals surface area contributed by atoms with Gasteiger partial charge in [0.15, 0.2) is 0 Å². The predicted octanol–water partition coefficient (Wildman–Crippen LogP) is 6.25. The van der Waals surface area contributed by atoms with Crippen LogP contribution in [-0.2, 0) is 11.3 Å². The molecule has 0 spiro atoms. The monoisotopic (exact) mass is 508 g/mol. The normalized spacial score (nSPS) is 12.5. The number of aromatic nitrogens is 3. The first-order valence-electron chi connectivity index (χ1n) is 11.0. The van der Waals surface area contributed by atoms with Gasteiger partial charge >= 0.3 is 5.97 Å². The van der Waals surface area contributed by atoms with E-state index < -0.39 is 5.97 Å². The fourth-order valence-corrected chi connectivity index (χ4v) is 5.18. The Morgan fingerprint density at radius 3 is 2.69 bits per heavy atom. The summed E-state index contributed by atoms with van der Waals surface area (Å²) in [5.41, 5.74) is 3.69. The van der Waals surface area contributed by atoms with Gasteiger partial charge in [0.1, 0.15) is 10.8 Å². The van der Waals surface area contributed by atoms with Gasteiger partial charge in [-0.05, 0) is 36.4 Å². The first-order chi connectivity index (χ1) is 17.0. The van der Waals surface area contributed by atoms with E-state index in [-0.39, 0.29) is 17.6 Å². The number of anilines is 1. The minimum Gasteiger partial charge on any atom is -0.481 e. The van der Waals surface area contributed by atoms with E-state index in [4.69, 9.17) is 0 Å². The number of thioether (sulfide) groups is 1. The zero-order valence-electron chi connectivity index (χ0n) is 19.1. The molecule has 0 saturated heterocycles. The number of thiazole rings is 1. The molecule has 0 radical (unpaired) electrons. The molecule has 4 rings (SSSR count). The number of carboxylic acids is 1. The van der Waals surface area contributed by atoms with Gasteiger partial charge in [0.05, 0.1) is 18.2 Å². The number of rotatable bonds is 11. The average Bonchev–Trinajstić information content (AvgIpc) is 3.58. The summed E-state index contributed by atoms with van der Waals surface area (Å²) in [5, 5.41) is 12.0. The van der Waals surface area contributed by atoms with Crippen LogP contribution >= 0.6 is 23.1 Å². The highest BCUT2D eigenvalue weighted by Gasteiger charge is 2.22. The first-order valence-corrected chi connectivity index (χ1v) is 13.2. The van der Waals surface area contributed by atoms with Gasteiger partial charge in [-0.3, -0.25) is 4.79 Å². The zero-order chi connectivity index (χ0) is 24.6. The van der Waals surface area contributed by atoms with Crippen LogP contribution < -0.4 is 4.90 Å². The van der Waals surface area contributed by atoms with Crippen molar-refractivity contribution in [2.24, 2.45) is 0 Å². The number of nitrogens with zero attached hydrogens (tertiary/aromatic N) is 4. The number of aliphatic carboxylic acids is 1. The van der Waals surface area contributed by atoms with Crippen molar-refractivity contribution in [2.45, 2.75) is 24.8 Å². The summed E-state index contributed by atoms with van der Waals surface area (Å²) in [6, 6.07) is 14.3. The lowest BCUT2D eigenvalue weighted by Crippen LogP contribution is -2.29. The van der Waals surface area contributed by atoms with Crippen molar-refractivity contribution in [3.8, 4) is 11.1 Å². The Hall–Kier alpha value is -3.43. The Kier molecular flexibility index (Phi) is 8.33. The molecule has 1 atom stereocenters. The SMILES string of the molecule is CSC(CCC(=O)O)N(C=C(Cn1ccnc1)c1nccs1)c1ccccc1-c1ccc(F)cc1. The Morgan fingerprint density at radius 1 is 1.23 bits per heavy atom. The summed E-state index contributed by atoms with van der Waals surface area (Å²) in [4.78, 5) is 22.2. The van der Waals surface area contributed by atoms with Crippen molar-refractivity contribution in [2.75, 3.05) is 11.2 Å². The predicted molar refractivity (Wildman–Crippen MR) is 141 cm³/mol. The zero-order valence-corrected chi connectivity index (χ0v) is 20.8. The van der Waals surface area contributed by atoms with Crippen LogP contribution in [0, 0.1) is 5.82 Å². The number of benzene rings is 2. The Bertz CT molecular complexity index is 1260. The number of carboxylic acid groups (broad SMARTS) is 1. The second kappa shape index (κ2) is 11.8. The van der Waals surface area contributed by atoms with E-state index in [9.17, 15) is 14.3 Å². The van der Waals surface area contributed by atoms with Crippen LogP contribution in [0.1, 0.15) is 17.8 Å². The largest absolute Gasteiger partial charge is 0.481 e. The molecule has 9 heteroatoms. The molecule has 0 aliphatic rings. The summed E-state index contributed by atoms with van der Waals surface area (Å²) in [6.45, 7) is 0.558. The lowest BCUT2D eigenvalue weighted by Gasteiger charge is -2.32. The molecular formula is C26H25FN4O2S2. The Labute approximate surface area is 211 Å². The van der Waals surface area contributed by atoms with E-state index in [1.807, 2.05) is 46.7 Å². The van der Waals surface area contributed by atoms with Gasteiger partial charge in [0, 0.05) is 53.4 Å². The number of carbonyl (C=O) groups is 1. The van der Waals surface area contributed by atoms with Gasteiger partial charge in [0.2, 0.25) is 0 Å². The van der Waals surface area contributed by atoms with Crippen molar-refractivity contribution < 1.29 is 14.3 Å². The molecule has 0 saturated carbocycles. The van der Waals surface area contributed by atoms with Crippen LogP contribution in [0.25, 0.3) is 16.7 Å². The van der Waals surface area contributed by atoms with Crippen molar-refractivity contribution in [1.29, 1.82) is 0 Å². The Balaban J connectivity index is 1.84. The fraction of sp³-hybridized carbons (Fsp3) is 0.192. The molecule has 0 amide bonds. The quantitative estimate of drug-likeness (QED) is 0.242. The maximum atomic E-state index is 13.6. The van der Waals surface area contributed by atoms with E-state index in [2.05, 4.69) is 21.1 Å². The summed E-state index contributed by atoms with van der Waals surface area (Å²) in [6.07, 6.45) is 11.7. The molecule has 2 aromatic carbocycles. The van der Waals surface area contributed by atoms with Gasteiger partial charge in [-0.15, -0.1) is 23.1 Å². The van der Waals surface area contributed by atoms with Gasteiger partial charge in [-0.25, -0.2) is 14.4 Å². The van der Waals surface area contributed by atoms with E-state index in [0.29, 0.717) is 13.0 Å². The topological polar surface area (TPSA) is 71.2 Å². The second-order valence-electron chi connectivity index (χ2n) is 7.78. The molecule has 4 aromatic rings. The molecule has 0 aliphatic heterocycles. The highest BCUT2D eigenvalue weighted by Crippen LogP contribution is 2.36. The van der Waals surface area contributed by atoms with Crippen molar-refractivity contribution in [1.82, 2.24) is 14.5 Å². The van der Waals surface area contributed by atoms with Crippen LogP contribution in [0.5, 0.6) is 0 Å². The number of hydrogen-bond acceptors (Lipinski definition) is 6. The smallest absolute Gasteiger partial charge is 0.303 e. The molecule has 2 aromatic heterocycles. The molecule has 0 fully saturated rings. The average molecular weight is 509 g/mol. The fourth-order valence-electron chi connectivity index (χ4n) is 3.79. The highest BCUT2D eigenvalue weighted by molar-refractivity contribution is 7.99. The van der Waals surface area contributed by atoms with Crippen molar-refractivity contribution in [3.63, 3.8) is 0 Å². The lowest BCUT2D eigenvalue weighted by molar-refractivity contribution is -0.137. The molecule has 6 nitrogen and oxygen atoms in total. The molecular weight excluding hydrogens is 483 g/mol. The summed E-state index contributed by atoms with van der Waals surface area (Å²) < 4.78 is 15.6. The minimum atomic E-state index is -0.835. The van der Waals surface area contributed by atoms with E-state index in [0.717, 1.165) is 27.4 Å². The number of imidazole rings is 1. The van der Waals surface area contributed by atoms with Crippen LogP contribution in [0.4, 0.5) is 10.1 Å². The third-order valence-corrected chi connectivity index (χ3v) is 7.29. The minimum absolute atomic E-state index is 0.0443. The summed E-state index contributed by atoms with van der Waals surface area (Å²) >= 11 is 3.14. The molecule has 35 heavy (non-hydrogen) atoms. The molecule has 2 heterocycles. The highest BCUT2D eigenvalue weighted by atomic mass is 32.2. The third kappa shape index (κ3) is 6.37. The second-order valence-corrected chi connectivity index (χ2v) is 9.69. The standard InChI is InChI=1S/C26H25FN4O2S2/c1-34-24(10-11-25(32)33)31(17-20(26-29-13-15-35-26)16-30-14-12-28-18-30)23-5-3-2-4-22(23)19-6-8-21(27)9-7-19/h2-9,12-15,17-18,24H,10-11,16H2,1H3,(H,32,33). The van der Waals surface area contributed by atoms with Gasteiger partial charge < -0.3 is 14.6 Å². The van der Waals surface area contributed by atoms with Crippen LogP contribution in [0.2, 0.25) is 0 Å². The molecule has 1 N–H and O–H groups in total. The number of hydrogen-bond donors (Lipinski definition) is 1. The van der Waals surface area contributed by atoms with E-state index >= 15 is 0 Å². The van der Waals surface area contributed by atoms with Crippen LogP contribution in [0.3, 0.4) is 0 Å². The van der Waals surface area contributed by atoms with Crippen molar-refractivity contribution >= 4 is 40.3 Å². The van der Waals surface area contributed by atoms with Crippen molar-refractivity contribution in [3.05, 3.63) is 95.9 Å². The number of halogens is 1. The summed E-state index contributed by atoms with van der Waals surface area (Å²) in [5.74, 6) is -1.13. The van der Waals surface area contributed by atoms with E-state index in [1.54, 1.807) is 54.0 Å². The number of allylic oxidation sites excluding steroid dienone is 1. The maximum Gasteiger partial charge on any atom is 0.303 e. The molecule has 180 valence electrons. The Morgan fingerprint density at radius 2 is 2.03 bits per heavy atom. The molecule has 0 bridgehead atoms. The molecule has 0 aliphatic carbocycles.